The van der Waals surface area contributed by atoms with E-state index in [4.69, 9.17) is 0 Å². The maximum atomic E-state index is 3.85. The lowest BCUT2D eigenvalue weighted by Gasteiger charge is -1.83. The van der Waals surface area contributed by atoms with Crippen LogP contribution in [0.15, 0.2) is 24.8 Å². The Labute approximate surface area is 48.7 Å². The van der Waals surface area contributed by atoms with Crippen LogP contribution >= 0.6 is 0 Å². The molecular weight excluding hydrogens is 98.1 g/mol. The molecule has 1 radical (unpaired) electrons. The molecule has 0 aromatic carbocycles. The average molecular weight is 104 g/mol. The fraction of sp³-hybridized carbons (Fsp3) is 0. The van der Waals surface area contributed by atoms with Crippen molar-refractivity contribution in [3.05, 3.63) is 36.7 Å². The predicted molar refractivity (Wildman–Crippen MR) is 33.2 cm³/mol. The van der Waals surface area contributed by atoms with Crippen LogP contribution in [0.3, 0.4) is 0 Å². The number of nitrogens with zero attached hydrogens (tertiary/aromatic N) is 1. The third-order valence-electron chi connectivity index (χ3n) is 0.841. The standard InChI is InChI=1S/C7H6N/c1-2-7-5-3-4-6-8-7/h2-5H,1H2. The minimum Gasteiger partial charge on any atom is -0.247 e. The minimum absolute atomic E-state index is 0.868. The van der Waals surface area contributed by atoms with Crippen molar-refractivity contribution in [3.8, 4) is 0 Å². The Morgan fingerprint density at radius 2 is 2.62 bits per heavy atom. The van der Waals surface area contributed by atoms with Gasteiger partial charge in [-0.25, -0.2) is 4.98 Å². The van der Waals surface area contributed by atoms with Gasteiger partial charge in [-0.05, 0) is 18.2 Å². The number of rotatable bonds is 1. The zero-order valence-electron chi connectivity index (χ0n) is 4.46. The van der Waals surface area contributed by atoms with Crippen LogP contribution < -0.4 is 0 Å². The lowest BCUT2D eigenvalue weighted by atomic mass is 10.4. The van der Waals surface area contributed by atoms with E-state index >= 15 is 0 Å². The molecule has 0 fully saturated rings. The molecule has 0 N–H and O–H groups in total. The molecule has 0 spiro atoms. The Morgan fingerprint density at radius 3 is 3.00 bits per heavy atom. The Kier molecular flexibility index (Phi) is 1.42. The summed E-state index contributed by atoms with van der Waals surface area (Å²) in [5, 5.41) is 0. The van der Waals surface area contributed by atoms with Gasteiger partial charge in [-0.1, -0.05) is 12.6 Å². The molecule has 8 heavy (non-hydrogen) atoms. The summed E-state index contributed by atoms with van der Waals surface area (Å²) in [5.74, 6) is 0. The number of hydrogen-bond acceptors (Lipinski definition) is 1. The monoisotopic (exact) mass is 104 g/mol. The van der Waals surface area contributed by atoms with E-state index in [1.807, 2.05) is 12.1 Å². The fourth-order valence-electron chi connectivity index (χ4n) is 0.452. The predicted octanol–water partition coefficient (Wildman–Crippen LogP) is 1.52. The second-order valence-corrected chi connectivity index (χ2v) is 1.40. The van der Waals surface area contributed by atoms with Gasteiger partial charge in [0.05, 0.1) is 11.9 Å². The molecule has 0 atom stereocenters. The van der Waals surface area contributed by atoms with Crippen LogP contribution in [0, 0.1) is 6.20 Å². The Bertz CT molecular complexity index is 167. The first kappa shape index (κ1) is 5.04. The van der Waals surface area contributed by atoms with Crippen molar-refractivity contribution in [2.45, 2.75) is 0 Å². The van der Waals surface area contributed by atoms with Crippen molar-refractivity contribution in [1.82, 2.24) is 4.98 Å². The van der Waals surface area contributed by atoms with Gasteiger partial charge in [0.15, 0.2) is 0 Å². The highest BCUT2D eigenvalue weighted by atomic mass is 14.6. The van der Waals surface area contributed by atoms with Gasteiger partial charge in [0.2, 0.25) is 0 Å². The van der Waals surface area contributed by atoms with Gasteiger partial charge < -0.3 is 0 Å². The van der Waals surface area contributed by atoms with Crippen LogP contribution in [-0.4, -0.2) is 4.98 Å². The van der Waals surface area contributed by atoms with Crippen LogP contribution in [0.25, 0.3) is 6.08 Å². The first-order valence-corrected chi connectivity index (χ1v) is 2.39. The Balaban J connectivity index is 2.99. The molecule has 0 amide bonds. The van der Waals surface area contributed by atoms with Gasteiger partial charge in [0.25, 0.3) is 0 Å². The zero-order chi connectivity index (χ0) is 5.82. The third kappa shape index (κ3) is 0.936. The minimum atomic E-state index is 0.868. The van der Waals surface area contributed by atoms with E-state index < -0.39 is 0 Å². The molecule has 0 saturated carbocycles. The number of pyridine rings is 1. The smallest absolute Gasteiger partial charge is 0.0893 e. The van der Waals surface area contributed by atoms with Gasteiger partial charge in [0, 0.05) is 0 Å². The molecule has 1 aromatic rings. The SMILES string of the molecule is C=Cc1ccc[c]n1. The molecule has 0 bridgehead atoms. The molecule has 1 nitrogen and oxygen atoms in total. The molecule has 1 heteroatoms. The largest absolute Gasteiger partial charge is 0.247 e. The maximum Gasteiger partial charge on any atom is 0.0893 e. The van der Waals surface area contributed by atoms with Crippen molar-refractivity contribution in [3.63, 3.8) is 0 Å². The van der Waals surface area contributed by atoms with Crippen molar-refractivity contribution >= 4 is 6.08 Å². The number of aromatic nitrogens is 1. The topological polar surface area (TPSA) is 12.9 Å². The van der Waals surface area contributed by atoms with Gasteiger partial charge in [-0.2, -0.15) is 0 Å². The lowest BCUT2D eigenvalue weighted by Crippen LogP contribution is -1.74. The van der Waals surface area contributed by atoms with Crippen LogP contribution in [0.4, 0.5) is 0 Å². The van der Waals surface area contributed by atoms with Crippen LogP contribution in [0.2, 0.25) is 0 Å². The van der Waals surface area contributed by atoms with Crippen LogP contribution in [-0.2, 0) is 0 Å². The summed E-state index contributed by atoms with van der Waals surface area (Å²) in [5.41, 5.74) is 0.868. The summed E-state index contributed by atoms with van der Waals surface area (Å²) in [6.45, 7) is 3.55. The zero-order valence-corrected chi connectivity index (χ0v) is 4.46. The van der Waals surface area contributed by atoms with Crippen molar-refractivity contribution in [2.75, 3.05) is 0 Å². The summed E-state index contributed by atoms with van der Waals surface area (Å²) in [4.78, 5) is 3.85. The highest BCUT2D eigenvalue weighted by Crippen LogP contribution is 1.91. The average Bonchev–Trinajstić information content (AvgIpc) is 1.90. The number of hydrogen-bond donors (Lipinski definition) is 0. The normalized spacial score (nSPS) is 8.50. The lowest BCUT2D eigenvalue weighted by molar-refractivity contribution is 1.28. The second-order valence-electron chi connectivity index (χ2n) is 1.40. The highest BCUT2D eigenvalue weighted by Gasteiger charge is 1.78. The molecule has 1 aromatic heterocycles. The summed E-state index contributed by atoms with van der Waals surface area (Å²) < 4.78 is 0. The summed E-state index contributed by atoms with van der Waals surface area (Å²) in [6.07, 6.45) is 4.38. The Hall–Kier alpha value is -1.11. The van der Waals surface area contributed by atoms with Crippen LogP contribution in [0.5, 0.6) is 0 Å². The van der Waals surface area contributed by atoms with Crippen LogP contribution in [0.1, 0.15) is 5.69 Å². The molecule has 0 unspecified atom stereocenters. The summed E-state index contributed by atoms with van der Waals surface area (Å²) in [6, 6.07) is 5.51. The molecule has 39 valence electrons. The van der Waals surface area contributed by atoms with E-state index in [2.05, 4.69) is 17.8 Å². The van der Waals surface area contributed by atoms with E-state index in [-0.39, 0.29) is 0 Å². The highest BCUT2D eigenvalue weighted by molar-refractivity contribution is 5.39. The van der Waals surface area contributed by atoms with Crippen molar-refractivity contribution < 1.29 is 0 Å². The van der Waals surface area contributed by atoms with Gasteiger partial charge in [-0.3, -0.25) is 0 Å². The summed E-state index contributed by atoms with van der Waals surface area (Å²) in [7, 11) is 0. The van der Waals surface area contributed by atoms with E-state index in [1.165, 1.54) is 0 Å². The van der Waals surface area contributed by atoms with E-state index in [0.29, 0.717) is 0 Å². The van der Waals surface area contributed by atoms with E-state index in [1.54, 1.807) is 12.1 Å². The van der Waals surface area contributed by atoms with Gasteiger partial charge in [0.1, 0.15) is 0 Å². The fourth-order valence-corrected chi connectivity index (χ4v) is 0.452. The molecule has 0 aliphatic heterocycles. The van der Waals surface area contributed by atoms with Gasteiger partial charge in [-0.15, -0.1) is 0 Å². The molecule has 0 saturated heterocycles. The molecular formula is C7H6N. The summed E-state index contributed by atoms with van der Waals surface area (Å²) >= 11 is 0. The Morgan fingerprint density at radius 1 is 1.75 bits per heavy atom. The first-order chi connectivity index (χ1) is 3.93. The third-order valence-corrected chi connectivity index (χ3v) is 0.841. The first-order valence-electron chi connectivity index (χ1n) is 2.39. The molecule has 1 rings (SSSR count). The quantitative estimate of drug-likeness (QED) is 0.526. The molecule has 0 aliphatic carbocycles. The second kappa shape index (κ2) is 2.26. The molecule has 1 heterocycles. The maximum absolute atomic E-state index is 3.85. The molecule has 0 aliphatic rings. The van der Waals surface area contributed by atoms with E-state index in [9.17, 15) is 0 Å². The van der Waals surface area contributed by atoms with Crippen molar-refractivity contribution in [1.29, 1.82) is 0 Å². The van der Waals surface area contributed by atoms with Crippen molar-refractivity contribution in [2.24, 2.45) is 0 Å². The van der Waals surface area contributed by atoms with E-state index in [0.717, 1.165) is 5.69 Å². The van der Waals surface area contributed by atoms with Gasteiger partial charge >= 0.3 is 0 Å².